The predicted molar refractivity (Wildman–Crippen MR) is 104 cm³/mol. The fourth-order valence-corrected chi connectivity index (χ4v) is 3.17. The van der Waals surface area contributed by atoms with Crippen LogP contribution in [0.1, 0.15) is 5.56 Å². The van der Waals surface area contributed by atoms with E-state index in [1.807, 2.05) is 59.1 Å². The van der Waals surface area contributed by atoms with Crippen molar-refractivity contribution in [1.29, 1.82) is 0 Å². The molecule has 2 N–H and O–H groups in total. The van der Waals surface area contributed by atoms with Gasteiger partial charge in [-0.15, -0.1) is 0 Å². The lowest BCUT2D eigenvalue weighted by Gasteiger charge is -2.10. The molecule has 2 aromatic heterocycles. The maximum atomic E-state index is 10.3. The van der Waals surface area contributed by atoms with Crippen LogP contribution in [0, 0.1) is 0 Å². The highest BCUT2D eigenvalue weighted by Crippen LogP contribution is 2.35. The fraction of sp³-hybridized carbons (Fsp3) is 0.0500. The second-order valence-electron chi connectivity index (χ2n) is 5.74. The molecule has 4 nitrogen and oxygen atoms in total. The zero-order chi connectivity index (χ0) is 17.2. The van der Waals surface area contributed by atoms with Crippen LogP contribution in [-0.2, 0) is 6.54 Å². The quantitative estimate of drug-likeness (QED) is 0.508. The van der Waals surface area contributed by atoms with Gasteiger partial charge in [-0.3, -0.25) is 4.40 Å². The molecule has 0 aliphatic heterocycles. The molecular weight excluding hydrogens is 378 g/mol. The number of para-hydroxylation sites is 1. The van der Waals surface area contributed by atoms with E-state index < -0.39 is 0 Å². The molecule has 4 rings (SSSR count). The number of aromatic hydroxyl groups is 1. The van der Waals surface area contributed by atoms with E-state index in [4.69, 9.17) is 4.98 Å². The number of pyridine rings is 1. The average Bonchev–Trinajstić information content (AvgIpc) is 2.99. The third kappa shape index (κ3) is 3.10. The number of anilines is 1. The van der Waals surface area contributed by atoms with Gasteiger partial charge >= 0.3 is 0 Å². The molecular formula is C20H16BrN3O. The first-order chi connectivity index (χ1) is 12.2. The van der Waals surface area contributed by atoms with Crippen molar-refractivity contribution in [2.24, 2.45) is 0 Å². The zero-order valence-corrected chi connectivity index (χ0v) is 14.9. The number of aromatic nitrogens is 2. The number of imidazole rings is 1. The molecule has 25 heavy (non-hydrogen) atoms. The lowest BCUT2D eigenvalue weighted by molar-refractivity contribution is 0.477. The van der Waals surface area contributed by atoms with E-state index in [0.29, 0.717) is 12.1 Å². The summed E-state index contributed by atoms with van der Waals surface area (Å²) in [5.74, 6) is 1.06. The first-order valence-electron chi connectivity index (χ1n) is 7.96. The number of nitrogens with one attached hydrogen (secondary N) is 1. The highest BCUT2D eigenvalue weighted by Gasteiger charge is 2.16. The van der Waals surface area contributed by atoms with Gasteiger partial charge in [0, 0.05) is 22.8 Å². The van der Waals surface area contributed by atoms with Crippen LogP contribution in [0.3, 0.4) is 0 Å². The van der Waals surface area contributed by atoms with E-state index in [0.717, 1.165) is 21.6 Å². The molecule has 5 heteroatoms. The monoisotopic (exact) mass is 393 g/mol. The van der Waals surface area contributed by atoms with Crippen molar-refractivity contribution in [3.05, 3.63) is 83.0 Å². The average molecular weight is 394 g/mol. The summed E-state index contributed by atoms with van der Waals surface area (Å²) in [6, 6.07) is 21.4. The third-order valence-corrected chi connectivity index (χ3v) is 4.51. The molecule has 0 saturated carbocycles. The van der Waals surface area contributed by atoms with Crippen molar-refractivity contribution in [1.82, 2.24) is 9.38 Å². The summed E-state index contributed by atoms with van der Waals surface area (Å²) in [5.41, 5.74) is 3.43. The number of fused-ring (bicyclic) bond motifs is 1. The van der Waals surface area contributed by atoms with Gasteiger partial charge in [-0.2, -0.15) is 0 Å². The summed E-state index contributed by atoms with van der Waals surface area (Å²) in [5, 5.41) is 13.7. The van der Waals surface area contributed by atoms with Gasteiger partial charge in [0.2, 0.25) is 0 Å². The van der Waals surface area contributed by atoms with Crippen molar-refractivity contribution >= 4 is 27.4 Å². The van der Waals surface area contributed by atoms with Crippen molar-refractivity contribution < 1.29 is 5.11 Å². The largest absolute Gasteiger partial charge is 0.507 e. The topological polar surface area (TPSA) is 49.6 Å². The first kappa shape index (κ1) is 15.7. The van der Waals surface area contributed by atoms with Crippen LogP contribution in [0.15, 0.2) is 77.4 Å². The van der Waals surface area contributed by atoms with Gasteiger partial charge in [0.25, 0.3) is 0 Å². The number of nitrogens with zero attached hydrogens (tertiary/aromatic N) is 2. The Hall–Kier alpha value is -2.79. The number of phenolic OH excluding ortho intramolecular Hbond substituents is 1. The van der Waals surface area contributed by atoms with Crippen LogP contribution in [0.5, 0.6) is 5.75 Å². The first-order valence-corrected chi connectivity index (χ1v) is 8.75. The number of halogens is 1. The van der Waals surface area contributed by atoms with Crippen LogP contribution in [0.2, 0.25) is 0 Å². The number of hydrogen-bond acceptors (Lipinski definition) is 3. The van der Waals surface area contributed by atoms with Crippen LogP contribution >= 0.6 is 15.9 Å². The normalized spacial score (nSPS) is 10.9. The van der Waals surface area contributed by atoms with E-state index in [1.54, 1.807) is 6.07 Å². The number of benzene rings is 2. The molecule has 0 amide bonds. The number of phenols is 1. The van der Waals surface area contributed by atoms with E-state index in [9.17, 15) is 5.11 Å². The van der Waals surface area contributed by atoms with E-state index in [2.05, 4.69) is 33.4 Å². The Morgan fingerprint density at radius 2 is 1.72 bits per heavy atom. The standard InChI is InChI=1S/C20H16BrN3O/c21-15-10-11-18-23-19(16-8-4-5-9-17(16)25)20(24(18)13-15)22-12-14-6-2-1-3-7-14/h1-11,13,22,25H,12H2. The van der Waals surface area contributed by atoms with Gasteiger partial charge in [0.15, 0.2) is 0 Å². The summed E-state index contributed by atoms with van der Waals surface area (Å²) < 4.78 is 2.96. The van der Waals surface area contributed by atoms with Gasteiger partial charge in [-0.1, -0.05) is 42.5 Å². The molecule has 0 aliphatic rings. The lowest BCUT2D eigenvalue weighted by atomic mass is 10.1. The van der Waals surface area contributed by atoms with Gasteiger partial charge < -0.3 is 10.4 Å². The molecule has 0 saturated heterocycles. The molecule has 124 valence electrons. The van der Waals surface area contributed by atoms with Crippen LogP contribution in [0.4, 0.5) is 5.82 Å². The summed E-state index contributed by atoms with van der Waals surface area (Å²) in [7, 11) is 0. The Kier molecular flexibility index (Phi) is 4.15. The van der Waals surface area contributed by atoms with Crippen molar-refractivity contribution in [2.45, 2.75) is 6.54 Å². The summed E-state index contributed by atoms with van der Waals surface area (Å²) >= 11 is 3.52. The van der Waals surface area contributed by atoms with Crippen molar-refractivity contribution in [3.63, 3.8) is 0 Å². The summed E-state index contributed by atoms with van der Waals surface area (Å²) in [6.45, 7) is 0.668. The van der Waals surface area contributed by atoms with Crippen LogP contribution in [0.25, 0.3) is 16.9 Å². The SMILES string of the molecule is Oc1ccccc1-c1nc2ccc(Br)cn2c1NCc1ccccc1. The summed E-state index contributed by atoms with van der Waals surface area (Å²) in [6.07, 6.45) is 1.97. The molecule has 0 atom stereocenters. The van der Waals surface area contributed by atoms with Crippen LogP contribution < -0.4 is 5.32 Å². The van der Waals surface area contributed by atoms with Gasteiger partial charge in [0.1, 0.15) is 22.9 Å². The zero-order valence-electron chi connectivity index (χ0n) is 13.4. The van der Waals surface area contributed by atoms with Gasteiger partial charge in [-0.25, -0.2) is 4.98 Å². The molecule has 0 fully saturated rings. The second-order valence-corrected chi connectivity index (χ2v) is 6.66. The van der Waals surface area contributed by atoms with Crippen molar-refractivity contribution in [2.75, 3.05) is 5.32 Å². The molecule has 0 spiro atoms. The molecule has 0 unspecified atom stereocenters. The maximum Gasteiger partial charge on any atom is 0.139 e. The van der Waals surface area contributed by atoms with Gasteiger partial charge in [-0.05, 0) is 45.8 Å². The molecule has 0 aliphatic carbocycles. The minimum atomic E-state index is 0.215. The maximum absolute atomic E-state index is 10.3. The van der Waals surface area contributed by atoms with Crippen molar-refractivity contribution in [3.8, 4) is 17.0 Å². The van der Waals surface area contributed by atoms with E-state index in [1.165, 1.54) is 5.56 Å². The van der Waals surface area contributed by atoms with E-state index in [-0.39, 0.29) is 5.75 Å². The Balaban J connectivity index is 1.83. The molecule has 0 bridgehead atoms. The minimum absolute atomic E-state index is 0.215. The lowest BCUT2D eigenvalue weighted by Crippen LogP contribution is -2.03. The molecule has 0 radical (unpaired) electrons. The Bertz CT molecular complexity index is 1030. The smallest absolute Gasteiger partial charge is 0.139 e. The number of rotatable bonds is 4. The second kappa shape index (κ2) is 6.61. The number of hydrogen-bond donors (Lipinski definition) is 2. The molecule has 2 heterocycles. The summed E-state index contributed by atoms with van der Waals surface area (Å²) in [4.78, 5) is 4.72. The third-order valence-electron chi connectivity index (χ3n) is 4.04. The van der Waals surface area contributed by atoms with Crippen LogP contribution in [-0.4, -0.2) is 14.5 Å². The Labute approximate surface area is 153 Å². The fourth-order valence-electron chi connectivity index (χ4n) is 2.83. The minimum Gasteiger partial charge on any atom is -0.507 e. The highest BCUT2D eigenvalue weighted by molar-refractivity contribution is 9.10. The highest BCUT2D eigenvalue weighted by atomic mass is 79.9. The Morgan fingerprint density at radius 1 is 0.960 bits per heavy atom. The van der Waals surface area contributed by atoms with Gasteiger partial charge in [0.05, 0.1) is 0 Å². The molecule has 2 aromatic carbocycles. The molecule has 4 aromatic rings. The predicted octanol–water partition coefficient (Wildman–Crippen LogP) is 5.08. The Morgan fingerprint density at radius 3 is 2.52 bits per heavy atom. The van der Waals surface area contributed by atoms with E-state index >= 15 is 0 Å².